The molecule has 12 heavy (non-hydrogen) atoms. The third-order valence-electron chi connectivity index (χ3n) is 1.81. The molecule has 0 bridgehead atoms. The zero-order chi connectivity index (χ0) is 9.14. The van der Waals surface area contributed by atoms with E-state index in [1.807, 2.05) is 10.6 Å². The SMILES string of the molecule is C=CCn1c(C)c(C)s/c1=N\N. The molecule has 0 spiro atoms. The Labute approximate surface area is 75.8 Å². The molecule has 0 radical (unpaired) electrons. The first-order valence-electron chi connectivity index (χ1n) is 3.72. The summed E-state index contributed by atoms with van der Waals surface area (Å²) in [5.74, 6) is 5.24. The lowest BCUT2D eigenvalue weighted by molar-refractivity contribution is 0.748. The van der Waals surface area contributed by atoms with Crippen LogP contribution in [0, 0.1) is 13.8 Å². The number of thiazole rings is 1. The van der Waals surface area contributed by atoms with E-state index in [-0.39, 0.29) is 0 Å². The molecule has 0 aromatic carbocycles. The maximum atomic E-state index is 5.24. The van der Waals surface area contributed by atoms with Crippen molar-refractivity contribution in [1.82, 2.24) is 4.57 Å². The summed E-state index contributed by atoms with van der Waals surface area (Å²) in [6.07, 6.45) is 1.84. The van der Waals surface area contributed by atoms with Gasteiger partial charge in [-0.05, 0) is 13.8 Å². The fourth-order valence-electron chi connectivity index (χ4n) is 1.04. The molecule has 1 aromatic heterocycles. The van der Waals surface area contributed by atoms with Gasteiger partial charge in [0.2, 0.25) is 4.80 Å². The first-order valence-corrected chi connectivity index (χ1v) is 4.54. The molecule has 1 heterocycles. The van der Waals surface area contributed by atoms with Gasteiger partial charge in [0.05, 0.1) is 0 Å². The molecule has 1 rings (SSSR count). The molecule has 3 nitrogen and oxygen atoms in total. The van der Waals surface area contributed by atoms with Crippen molar-refractivity contribution >= 4 is 11.3 Å². The van der Waals surface area contributed by atoms with Crippen molar-refractivity contribution in [2.24, 2.45) is 10.9 Å². The van der Waals surface area contributed by atoms with Crippen LogP contribution in [-0.2, 0) is 6.54 Å². The molecule has 0 aliphatic carbocycles. The minimum absolute atomic E-state index is 0.770. The van der Waals surface area contributed by atoms with E-state index in [0.29, 0.717) is 0 Å². The van der Waals surface area contributed by atoms with E-state index in [4.69, 9.17) is 5.84 Å². The van der Waals surface area contributed by atoms with Crippen LogP contribution in [0.25, 0.3) is 0 Å². The third-order valence-corrected chi connectivity index (χ3v) is 2.92. The van der Waals surface area contributed by atoms with Gasteiger partial charge in [-0.3, -0.25) is 0 Å². The van der Waals surface area contributed by atoms with Crippen LogP contribution in [0.2, 0.25) is 0 Å². The molecule has 66 valence electrons. The van der Waals surface area contributed by atoms with E-state index in [9.17, 15) is 0 Å². The molecule has 0 amide bonds. The number of hydrogen-bond donors (Lipinski definition) is 1. The lowest BCUT2D eigenvalue weighted by Crippen LogP contribution is -2.17. The van der Waals surface area contributed by atoms with Crippen LogP contribution in [0.3, 0.4) is 0 Å². The van der Waals surface area contributed by atoms with E-state index < -0.39 is 0 Å². The lowest BCUT2D eigenvalue weighted by Gasteiger charge is -2.00. The van der Waals surface area contributed by atoms with Crippen molar-refractivity contribution in [2.45, 2.75) is 20.4 Å². The van der Waals surface area contributed by atoms with Crippen LogP contribution >= 0.6 is 11.3 Å². The molecule has 0 unspecified atom stereocenters. The topological polar surface area (TPSA) is 43.3 Å². The van der Waals surface area contributed by atoms with E-state index in [1.54, 1.807) is 11.3 Å². The van der Waals surface area contributed by atoms with Crippen molar-refractivity contribution in [3.8, 4) is 0 Å². The second-order valence-electron chi connectivity index (χ2n) is 2.55. The van der Waals surface area contributed by atoms with Crippen LogP contribution in [0.4, 0.5) is 0 Å². The van der Waals surface area contributed by atoms with Crippen molar-refractivity contribution in [3.05, 3.63) is 28.0 Å². The predicted octanol–water partition coefficient (Wildman–Crippen LogP) is 1.13. The second-order valence-corrected chi connectivity index (χ2v) is 3.74. The zero-order valence-electron chi connectivity index (χ0n) is 7.37. The monoisotopic (exact) mass is 183 g/mol. The second kappa shape index (κ2) is 3.58. The minimum Gasteiger partial charge on any atom is -0.320 e. The van der Waals surface area contributed by atoms with Crippen molar-refractivity contribution in [1.29, 1.82) is 0 Å². The summed E-state index contributed by atoms with van der Waals surface area (Å²) in [7, 11) is 0. The number of rotatable bonds is 2. The van der Waals surface area contributed by atoms with Crippen LogP contribution in [0.15, 0.2) is 17.8 Å². The standard InChI is InChI=1S/C8H13N3S/c1-4-5-11-6(2)7(3)12-8(11)10-9/h4H,1,5,9H2,2-3H3/b10-8-. The highest BCUT2D eigenvalue weighted by atomic mass is 32.1. The third kappa shape index (κ3) is 1.43. The van der Waals surface area contributed by atoms with Crippen LogP contribution in [-0.4, -0.2) is 4.57 Å². The minimum atomic E-state index is 0.770. The maximum Gasteiger partial charge on any atom is 0.208 e. The molecule has 0 atom stereocenters. The van der Waals surface area contributed by atoms with Gasteiger partial charge in [0.1, 0.15) is 0 Å². The summed E-state index contributed by atoms with van der Waals surface area (Å²) in [5, 5.41) is 3.70. The molecule has 0 fully saturated rings. The van der Waals surface area contributed by atoms with Crippen LogP contribution in [0.1, 0.15) is 10.6 Å². The Bertz CT molecular complexity index is 346. The van der Waals surface area contributed by atoms with Crippen LogP contribution < -0.4 is 10.6 Å². The highest BCUT2D eigenvalue weighted by molar-refractivity contribution is 7.09. The maximum absolute atomic E-state index is 5.24. The number of nitrogens with zero attached hydrogens (tertiary/aromatic N) is 2. The molecule has 4 heteroatoms. The molecular formula is C8H13N3S. The van der Waals surface area contributed by atoms with Gasteiger partial charge in [0.15, 0.2) is 0 Å². The summed E-state index contributed by atoms with van der Waals surface area (Å²) in [6.45, 7) is 8.58. The average molecular weight is 183 g/mol. The first kappa shape index (κ1) is 9.06. The molecule has 0 saturated carbocycles. The quantitative estimate of drug-likeness (QED) is 0.417. The summed E-state index contributed by atoms with van der Waals surface area (Å²) >= 11 is 1.60. The summed E-state index contributed by atoms with van der Waals surface area (Å²) < 4.78 is 2.05. The molecule has 0 aliphatic rings. The summed E-state index contributed by atoms with van der Waals surface area (Å²) in [4.78, 5) is 2.10. The van der Waals surface area contributed by atoms with Gasteiger partial charge in [-0.15, -0.1) is 17.9 Å². The molecular weight excluding hydrogens is 170 g/mol. The number of hydrogen-bond acceptors (Lipinski definition) is 3. The Morgan fingerprint density at radius 3 is 2.83 bits per heavy atom. The number of aromatic nitrogens is 1. The number of aryl methyl sites for hydroxylation is 1. The average Bonchev–Trinajstić information content (AvgIpc) is 2.33. The van der Waals surface area contributed by atoms with Crippen molar-refractivity contribution in [3.63, 3.8) is 0 Å². The summed E-state index contributed by atoms with van der Waals surface area (Å²) in [5.41, 5.74) is 1.21. The van der Waals surface area contributed by atoms with Gasteiger partial charge in [-0.25, -0.2) is 0 Å². The highest BCUT2D eigenvalue weighted by Crippen LogP contribution is 2.08. The fourth-order valence-corrected chi connectivity index (χ4v) is 1.95. The first-order chi connectivity index (χ1) is 5.70. The normalized spacial score (nSPS) is 12.0. The van der Waals surface area contributed by atoms with Crippen molar-refractivity contribution in [2.75, 3.05) is 0 Å². The summed E-state index contributed by atoms with van der Waals surface area (Å²) in [6, 6.07) is 0. The van der Waals surface area contributed by atoms with Gasteiger partial charge in [-0.1, -0.05) is 6.08 Å². The largest absolute Gasteiger partial charge is 0.320 e. The zero-order valence-corrected chi connectivity index (χ0v) is 8.19. The van der Waals surface area contributed by atoms with Crippen LogP contribution in [0.5, 0.6) is 0 Å². The van der Waals surface area contributed by atoms with Gasteiger partial charge < -0.3 is 10.4 Å². The smallest absolute Gasteiger partial charge is 0.208 e. The van der Waals surface area contributed by atoms with E-state index in [2.05, 4.69) is 25.5 Å². The van der Waals surface area contributed by atoms with Gasteiger partial charge in [0.25, 0.3) is 0 Å². The Morgan fingerprint density at radius 1 is 1.67 bits per heavy atom. The van der Waals surface area contributed by atoms with E-state index >= 15 is 0 Å². The van der Waals surface area contributed by atoms with Crippen molar-refractivity contribution < 1.29 is 0 Å². The van der Waals surface area contributed by atoms with E-state index in [0.717, 1.165) is 11.3 Å². The molecule has 0 aliphatic heterocycles. The van der Waals surface area contributed by atoms with Gasteiger partial charge in [0, 0.05) is 17.1 Å². The van der Waals surface area contributed by atoms with Gasteiger partial charge in [-0.2, -0.15) is 5.10 Å². The Balaban J connectivity index is 3.31. The highest BCUT2D eigenvalue weighted by Gasteiger charge is 2.03. The number of nitrogens with two attached hydrogens (primary N) is 1. The van der Waals surface area contributed by atoms with E-state index in [1.165, 1.54) is 10.6 Å². The Hall–Kier alpha value is -1.03. The molecule has 1 aromatic rings. The fraction of sp³-hybridized carbons (Fsp3) is 0.375. The molecule has 2 N–H and O–H groups in total. The predicted molar refractivity (Wildman–Crippen MR) is 51.7 cm³/mol. The lowest BCUT2D eigenvalue weighted by atomic mass is 10.4. The Kier molecular flexibility index (Phi) is 2.70. The number of allylic oxidation sites excluding steroid dienone is 1. The van der Waals surface area contributed by atoms with Gasteiger partial charge >= 0.3 is 0 Å². The Morgan fingerprint density at radius 2 is 2.33 bits per heavy atom. The molecule has 0 saturated heterocycles.